The maximum Gasteiger partial charge on any atom is 0.264 e. The maximum atomic E-state index is 13.7. The van der Waals surface area contributed by atoms with Crippen LogP contribution in [0.4, 0.5) is 11.4 Å². The van der Waals surface area contributed by atoms with Gasteiger partial charge in [0.15, 0.2) is 0 Å². The van der Waals surface area contributed by atoms with Gasteiger partial charge in [-0.3, -0.25) is 14.4 Å². The topological polar surface area (TPSA) is 60.9 Å². The number of anilines is 2. The molecule has 1 fully saturated rings. The summed E-state index contributed by atoms with van der Waals surface area (Å²) in [5, 5.41) is 1.88. The van der Waals surface area contributed by atoms with Gasteiger partial charge in [0.1, 0.15) is 6.04 Å². The molecule has 3 heterocycles. The van der Waals surface area contributed by atoms with Crippen molar-refractivity contribution in [2.45, 2.75) is 38.3 Å². The van der Waals surface area contributed by atoms with Crippen molar-refractivity contribution in [1.29, 1.82) is 0 Å². The van der Waals surface area contributed by atoms with Crippen molar-refractivity contribution in [2.75, 3.05) is 23.4 Å². The third-order valence-electron chi connectivity index (χ3n) is 6.73. The summed E-state index contributed by atoms with van der Waals surface area (Å²) in [4.78, 5) is 45.0. The van der Waals surface area contributed by atoms with Crippen LogP contribution in [-0.4, -0.2) is 42.3 Å². The molecule has 7 heteroatoms. The summed E-state index contributed by atoms with van der Waals surface area (Å²) in [5.41, 5.74) is 3.77. The standard InChI is InChI=1S/C27H27N3O3S/c1-28(21-11-13-22(14-12-21)29-15-5-4-10-25(29)31)26(32)23-17-19-7-2-3-8-20(19)18-30(23)27(33)24-9-6-16-34-24/h2-3,6-9,11-14,16,23H,4-5,10,15,17-18H2,1H3/t23-/m0/s1. The molecule has 0 bridgehead atoms. The number of hydrogen-bond donors (Lipinski definition) is 0. The molecule has 2 aliphatic rings. The average Bonchev–Trinajstić information content (AvgIpc) is 3.42. The zero-order valence-corrected chi connectivity index (χ0v) is 20.0. The second kappa shape index (κ2) is 9.43. The number of carbonyl (C=O) groups is 3. The van der Waals surface area contributed by atoms with E-state index in [0.29, 0.717) is 24.3 Å². The highest BCUT2D eigenvalue weighted by atomic mass is 32.1. The fourth-order valence-electron chi connectivity index (χ4n) is 4.78. The van der Waals surface area contributed by atoms with Crippen LogP contribution in [0.3, 0.4) is 0 Å². The third-order valence-corrected chi connectivity index (χ3v) is 7.59. The lowest BCUT2D eigenvalue weighted by Crippen LogP contribution is -2.53. The SMILES string of the molecule is CN(C(=O)[C@@H]1Cc2ccccc2CN1C(=O)c1cccs1)c1ccc(N2CCCCC2=O)cc1. The van der Waals surface area contributed by atoms with Crippen LogP contribution < -0.4 is 9.80 Å². The molecule has 1 atom stereocenters. The van der Waals surface area contributed by atoms with Crippen molar-refractivity contribution in [1.82, 2.24) is 4.90 Å². The largest absolute Gasteiger partial charge is 0.321 e. The summed E-state index contributed by atoms with van der Waals surface area (Å²) in [6, 6.07) is 18.6. The number of amides is 3. The van der Waals surface area contributed by atoms with Gasteiger partial charge in [-0.05, 0) is 59.7 Å². The van der Waals surface area contributed by atoms with Crippen LogP contribution in [0, 0.1) is 0 Å². The molecule has 0 unspecified atom stereocenters. The van der Waals surface area contributed by atoms with E-state index >= 15 is 0 Å². The molecule has 0 radical (unpaired) electrons. The molecule has 3 amide bonds. The van der Waals surface area contributed by atoms with Gasteiger partial charge in [0.25, 0.3) is 5.91 Å². The Balaban J connectivity index is 1.39. The Labute approximate surface area is 203 Å². The number of benzene rings is 2. The molecular weight excluding hydrogens is 446 g/mol. The van der Waals surface area contributed by atoms with E-state index < -0.39 is 6.04 Å². The zero-order chi connectivity index (χ0) is 23.7. The molecule has 1 aromatic heterocycles. The fourth-order valence-corrected chi connectivity index (χ4v) is 5.46. The minimum absolute atomic E-state index is 0.116. The highest BCUT2D eigenvalue weighted by Crippen LogP contribution is 2.29. The van der Waals surface area contributed by atoms with E-state index in [-0.39, 0.29) is 17.7 Å². The molecule has 6 nitrogen and oxygen atoms in total. The predicted molar refractivity (Wildman–Crippen MR) is 134 cm³/mol. The highest BCUT2D eigenvalue weighted by molar-refractivity contribution is 7.12. The molecule has 3 aromatic rings. The van der Waals surface area contributed by atoms with Crippen molar-refractivity contribution in [3.05, 3.63) is 82.0 Å². The van der Waals surface area contributed by atoms with Gasteiger partial charge in [-0.2, -0.15) is 0 Å². The lowest BCUT2D eigenvalue weighted by molar-refractivity contribution is -0.123. The Bertz CT molecular complexity index is 1210. The average molecular weight is 474 g/mol. The zero-order valence-electron chi connectivity index (χ0n) is 19.1. The Kier molecular flexibility index (Phi) is 6.20. The van der Waals surface area contributed by atoms with Crippen molar-refractivity contribution < 1.29 is 14.4 Å². The molecule has 0 aliphatic carbocycles. The lowest BCUT2D eigenvalue weighted by Gasteiger charge is -2.37. The number of piperidine rings is 1. The summed E-state index contributed by atoms with van der Waals surface area (Å²) in [6.07, 6.45) is 3.01. The van der Waals surface area contributed by atoms with Crippen molar-refractivity contribution in [2.24, 2.45) is 0 Å². The summed E-state index contributed by atoms with van der Waals surface area (Å²) < 4.78 is 0. The number of nitrogens with zero attached hydrogens (tertiary/aromatic N) is 3. The molecule has 34 heavy (non-hydrogen) atoms. The monoisotopic (exact) mass is 473 g/mol. The normalized spacial score (nSPS) is 17.9. The van der Waals surface area contributed by atoms with E-state index in [1.54, 1.807) is 22.9 Å². The molecule has 0 spiro atoms. The van der Waals surface area contributed by atoms with E-state index in [1.807, 2.05) is 64.9 Å². The second-order valence-electron chi connectivity index (χ2n) is 8.82. The van der Waals surface area contributed by atoms with Crippen LogP contribution in [0.2, 0.25) is 0 Å². The van der Waals surface area contributed by atoms with Gasteiger partial charge in [0.05, 0.1) is 4.88 Å². The smallest absolute Gasteiger partial charge is 0.264 e. The van der Waals surface area contributed by atoms with Crippen LogP contribution in [0.1, 0.15) is 40.1 Å². The van der Waals surface area contributed by atoms with Gasteiger partial charge >= 0.3 is 0 Å². The van der Waals surface area contributed by atoms with Crippen molar-refractivity contribution >= 4 is 40.4 Å². The molecular formula is C27H27N3O3S. The first-order valence-electron chi connectivity index (χ1n) is 11.6. The second-order valence-corrected chi connectivity index (χ2v) is 9.76. The summed E-state index contributed by atoms with van der Waals surface area (Å²) in [6.45, 7) is 1.14. The first kappa shape index (κ1) is 22.3. The Morgan fingerprint density at radius 1 is 0.971 bits per heavy atom. The highest BCUT2D eigenvalue weighted by Gasteiger charge is 2.37. The lowest BCUT2D eigenvalue weighted by atomic mass is 9.93. The minimum Gasteiger partial charge on any atom is -0.321 e. The van der Waals surface area contributed by atoms with Gasteiger partial charge in [-0.15, -0.1) is 11.3 Å². The number of hydrogen-bond acceptors (Lipinski definition) is 4. The fraction of sp³-hybridized carbons (Fsp3) is 0.296. The number of carbonyl (C=O) groups excluding carboxylic acids is 3. The first-order valence-corrected chi connectivity index (χ1v) is 12.5. The minimum atomic E-state index is -0.585. The van der Waals surface area contributed by atoms with E-state index in [9.17, 15) is 14.4 Å². The van der Waals surface area contributed by atoms with E-state index in [1.165, 1.54) is 11.3 Å². The summed E-state index contributed by atoms with van der Waals surface area (Å²) in [7, 11) is 1.75. The van der Waals surface area contributed by atoms with E-state index in [2.05, 4.69) is 0 Å². The quantitative estimate of drug-likeness (QED) is 0.561. The molecule has 2 aliphatic heterocycles. The predicted octanol–water partition coefficient (Wildman–Crippen LogP) is 4.50. The van der Waals surface area contributed by atoms with Crippen LogP contribution in [-0.2, 0) is 22.6 Å². The van der Waals surface area contributed by atoms with Gasteiger partial charge in [0.2, 0.25) is 11.8 Å². The molecule has 2 aromatic carbocycles. The maximum absolute atomic E-state index is 13.7. The van der Waals surface area contributed by atoms with Crippen LogP contribution >= 0.6 is 11.3 Å². The first-order chi connectivity index (χ1) is 16.5. The van der Waals surface area contributed by atoms with E-state index in [0.717, 1.165) is 41.9 Å². The van der Waals surface area contributed by atoms with Gasteiger partial charge < -0.3 is 14.7 Å². The third kappa shape index (κ3) is 4.23. The van der Waals surface area contributed by atoms with Gasteiger partial charge in [-0.25, -0.2) is 0 Å². The summed E-state index contributed by atoms with van der Waals surface area (Å²) >= 11 is 1.39. The van der Waals surface area contributed by atoms with Gasteiger partial charge in [-0.1, -0.05) is 30.3 Å². The number of thiophene rings is 1. The van der Waals surface area contributed by atoms with E-state index in [4.69, 9.17) is 0 Å². The van der Waals surface area contributed by atoms with Crippen molar-refractivity contribution in [3.63, 3.8) is 0 Å². The van der Waals surface area contributed by atoms with Crippen LogP contribution in [0.5, 0.6) is 0 Å². The molecule has 1 saturated heterocycles. The van der Waals surface area contributed by atoms with Crippen LogP contribution in [0.15, 0.2) is 66.0 Å². The van der Waals surface area contributed by atoms with Crippen LogP contribution in [0.25, 0.3) is 0 Å². The van der Waals surface area contributed by atoms with Gasteiger partial charge in [0, 0.05) is 44.4 Å². The molecule has 0 saturated carbocycles. The Hall–Kier alpha value is -3.45. The molecule has 0 N–H and O–H groups in total. The summed E-state index contributed by atoms with van der Waals surface area (Å²) in [5.74, 6) is -0.0940. The Morgan fingerprint density at radius 2 is 1.74 bits per heavy atom. The molecule has 5 rings (SSSR count). The molecule has 174 valence electrons. The Morgan fingerprint density at radius 3 is 2.44 bits per heavy atom. The van der Waals surface area contributed by atoms with Crippen molar-refractivity contribution in [3.8, 4) is 0 Å². The number of likely N-dealkylation sites (N-methyl/N-ethyl adjacent to an activating group) is 1. The number of rotatable bonds is 4. The number of fused-ring (bicyclic) bond motifs is 1.